The predicted octanol–water partition coefficient (Wildman–Crippen LogP) is 3.36. The molecule has 0 unspecified atom stereocenters. The lowest BCUT2D eigenvalue weighted by atomic mass is 9.89. The first-order valence-electron chi connectivity index (χ1n) is 9.59. The smallest absolute Gasteiger partial charge is 0.317 e. The Morgan fingerprint density at radius 2 is 1.89 bits per heavy atom. The van der Waals surface area contributed by atoms with Crippen molar-refractivity contribution in [1.29, 1.82) is 0 Å². The maximum atomic E-state index is 12.5. The van der Waals surface area contributed by atoms with Gasteiger partial charge in [-0.2, -0.15) is 0 Å². The molecule has 6 nitrogen and oxygen atoms in total. The molecule has 3 amide bonds. The molecule has 0 saturated carbocycles. The minimum absolute atomic E-state index is 0.0677. The summed E-state index contributed by atoms with van der Waals surface area (Å²) in [6, 6.07) is 15.3. The monoisotopic (exact) mass is 376 g/mol. The summed E-state index contributed by atoms with van der Waals surface area (Å²) in [5.74, 6) is -0.0000206. The summed E-state index contributed by atoms with van der Waals surface area (Å²) in [5.41, 5.74) is 9.13. The molecule has 1 aliphatic heterocycles. The number of urea groups is 1. The van der Waals surface area contributed by atoms with Crippen molar-refractivity contribution in [2.45, 2.75) is 25.3 Å². The molecule has 1 saturated heterocycles. The van der Waals surface area contributed by atoms with E-state index in [4.69, 9.17) is 5.73 Å². The van der Waals surface area contributed by atoms with Crippen LogP contribution in [0.25, 0.3) is 10.9 Å². The van der Waals surface area contributed by atoms with Gasteiger partial charge in [0.2, 0.25) is 5.91 Å². The highest BCUT2D eigenvalue weighted by molar-refractivity contribution is 5.92. The zero-order valence-corrected chi connectivity index (χ0v) is 15.7. The summed E-state index contributed by atoms with van der Waals surface area (Å²) in [5, 5.41) is 4.22. The van der Waals surface area contributed by atoms with E-state index in [1.165, 1.54) is 10.9 Å². The number of carbonyl (C=O) groups is 2. The standard InChI is InChI=1S/C22H24N4O2/c23-21(27)17-5-3-4-15(12-17)13-25-22(28)26-10-8-16(9-11-26)19-14-24-20-7-2-1-6-18(19)20/h1-7,12,14,16,24H,8-11,13H2,(H2,23,27)(H,25,28). The van der Waals surface area contributed by atoms with Crippen LogP contribution in [0, 0.1) is 0 Å². The zero-order chi connectivity index (χ0) is 19.5. The topological polar surface area (TPSA) is 91.2 Å². The van der Waals surface area contributed by atoms with E-state index in [2.05, 4.69) is 34.7 Å². The van der Waals surface area contributed by atoms with Crippen LogP contribution in [-0.2, 0) is 6.54 Å². The van der Waals surface area contributed by atoms with Gasteiger partial charge in [-0.25, -0.2) is 4.79 Å². The number of nitrogens with two attached hydrogens (primary N) is 1. The number of carbonyl (C=O) groups excluding carboxylic acids is 2. The Labute approximate surface area is 163 Å². The quantitative estimate of drug-likeness (QED) is 0.652. The Morgan fingerprint density at radius 3 is 2.68 bits per heavy atom. The fourth-order valence-electron chi connectivity index (χ4n) is 3.95. The van der Waals surface area contributed by atoms with E-state index in [1.54, 1.807) is 18.2 Å². The van der Waals surface area contributed by atoms with Crippen LogP contribution in [0.2, 0.25) is 0 Å². The SMILES string of the molecule is NC(=O)c1cccc(CNC(=O)N2CCC(c3c[nH]c4ccccc34)CC2)c1. The van der Waals surface area contributed by atoms with Gasteiger partial charge in [-0.05, 0) is 48.1 Å². The minimum atomic E-state index is -0.465. The molecule has 28 heavy (non-hydrogen) atoms. The van der Waals surface area contributed by atoms with Crippen molar-refractivity contribution in [3.8, 4) is 0 Å². The van der Waals surface area contributed by atoms with Gasteiger partial charge in [0.1, 0.15) is 0 Å². The van der Waals surface area contributed by atoms with Crippen molar-refractivity contribution in [3.63, 3.8) is 0 Å². The third-order valence-corrected chi connectivity index (χ3v) is 5.50. The first-order valence-corrected chi connectivity index (χ1v) is 9.59. The molecule has 6 heteroatoms. The van der Waals surface area contributed by atoms with E-state index in [1.807, 2.05) is 17.0 Å². The van der Waals surface area contributed by atoms with Crippen LogP contribution < -0.4 is 11.1 Å². The van der Waals surface area contributed by atoms with E-state index < -0.39 is 5.91 Å². The Bertz CT molecular complexity index is 1000. The highest BCUT2D eigenvalue weighted by Crippen LogP contribution is 2.33. The van der Waals surface area contributed by atoms with Gasteiger partial charge in [-0.3, -0.25) is 4.79 Å². The summed E-state index contributed by atoms with van der Waals surface area (Å²) in [6.07, 6.45) is 4.01. The largest absolute Gasteiger partial charge is 0.366 e. The molecule has 0 aliphatic carbocycles. The first kappa shape index (κ1) is 18.1. The maximum absolute atomic E-state index is 12.5. The number of rotatable bonds is 4. The number of benzene rings is 2. The highest BCUT2D eigenvalue weighted by Gasteiger charge is 2.25. The van der Waals surface area contributed by atoms with Gasteiger partial charge in [0.05, 0.1) is 0 Å². The minimum Gasteiger partial charge on any atom is -0.366 e. The third kappa shape index (κ3) is 3.71. The van der Waals surface area contributed by atoms with Gasteiger partial charge in [0, 0.05) is 42.3 Å². The molecule has 4 rings (SSSR count). The molecule has 3 aromatic rings. The van der Waals surface area contributed by atoms with Gasteiger partial charge in [-0.15, -0.1) is 0 Å². The number of aromatic amines is 1. The predicted molar refractivity (Wildman–Crippen MR) is 109 cm³/mol. The number of para-hydroxylation sites is 1. The number of hydrogen-bond acceptors (Lipinski definition) is 2. The van der Waals surface area contributed by atoms with Crippen LogP contribution >= 0.6 is 0 Å². The Balaban J connectivity index is 1.33. The van der Waals surface area contributed by atoms with Crippen LogP contribution in [0.1, 0.15) is 40.2 Å². The van der Waals surface area contributed by atoms with E-state index in [0.717, 1.165) is 37.0 Å². The van der Waals surface area contributed by atoms with Crippen molar-refractivity contribution in [3.05, 3.63) is 71.4 Å². The maximum Gasteiger partial charge on any atom is 0.317 e. The molecule has 4 N–H and O–H groups in total. The molecule has 0 radical (unpaired) electrons. The lowest BCUT2D eigenvalue weighted by Gasteiger charge is -2.32. The molecule has 0 spiro atoms. The second kappa shape index (κ2) is 7.76. The summed E-state index contributed by atoms with van der Waals surface area (Å²) in [7, 11) is 0. The average molecular weight is 376 g/mol. The van der Waals surface area contributed by atoms with Crippen LogP contribution in [0.4, 0.5) is 4.79 Å². The summed E-state index contributed by atoms with van der Waals surface area (Å²) in [6.45, 7) is 1.84. The molecule has 1 aromatic heterocycles. The van der Waals surface area contributed by atoms with Crippen LogP contribution in [0.5, 0.6) is 0 Å². The Hall–Kier alpha value is -3.28. The van der Waals surface area contributed by atoms with E-state index in [0.29, 0.717) is 18.0 Å². The third-order valence-electron chi connectivity index (χ3n) is 5.50. The average Bonchev–Trinajstić information content (AvgIpc) is 3.16. The molecule has 2 aromatic carbocycles. The molecule has 0 bridgehead atoms. The number of amides is 3. The van der Waals surface area contributed by atoms with Crippen molar-refractivity contribution >= 4 is 22.8 Å². The van der Waals surface area contributed by atoms with Crippen LogP contribution in [0.15, 0.2) is 54.7 Å². The van der Waals surface area contributed by atoms with Crippen molar-refractivity contribution < 1.29 is 9.59 Å². The fraction of sp³-hybridized carbons (Fsp3) is 0.273. The number of nitrogens with one attached hydrogen (secondary N) is 2. The van der Waals surface area contributed by atoms with Gasteiger partial charge < -0.3 is 20.9 Å². The molecular weight excluding hydrogens is 352 g/mol. The highest BCUT2D eigenvalue weighted by atomic mass is 16.2. The molecule has 1 fully saturated rings. The molecule has 2 heterocycles. The Kier molecular flexibility index (Phi) is 5.02. The second-order valence-electron chi connectivity index (χ2n) is 7.27. The van der Waals surface area contributed by atoms with E-state index >= 15 is 0 Å². The molecule has 144 valence electrons. The van der Waals surface area contributed by atoms with Crippen molar-refractivity contribution in [1.82, 2.24) is 15.2 Å². The second-order valence-corrected chi connectivity index (χ2v) is 7.27. The zero-order valence-electron chi connectivity index (χ0n) is 15.7. The van der Waals surface area contributed by atoms with Gasteiger partial charge in [0.15, 0.2) is 0 Å². The lowest BCUT2D eigenvalue weighted by Crippen LogP contribution is -2.43. The van der Waals surface area contributed by atoms with E-state index in [9.17, 15) is 9.59 Å². The molecule has 0 atom stereocenters. The van der Waals surface area contributed by atoms with Gasteiger partial charge >= 0.3 is 6.03 Å². The summed E-state index contributed by atoms with van der Waals surface area (Å²) in [4.78, 5) is 29.0. The molecular formula is C22H24N4O2. The summed E-state index contributed by atoms with van der Waals surface area (Å²) < 4.78 is 0. The van der Waals surface area contributed by atoms with Gasteiger partial charge in [0.25, 0.3) is 0 Å². The van der Waals surface area contributed by atoms with Crippen LogP contribution in [0.3, 0.4) is 0 Å². The summed E-state index contributed by atoms with van der Waals surface area (Å²) >= 11 is 0. The molecule has 1 aliphatic rings. The van der Waals surface area contributed by atoms with Gasteiger partial charge in [-0.1, -0.05) is 30.3 Å². The number of aromatic nitrogens is 1. The normalized spacial score (nSPS) is 14.9. The lowest BCUT2D eigenvalue weighted by molar-refractivity contribution is 0.1000. The number of piperidine rings is 1. The van der Waals surface area contributed by atoms with Crippen molar-refractivity contribution in [2.75, 3.05) is 13.1 Å². The number of primary amides is 1. The number of fused-ring (bicyclic) bond motifs is 1. The van der Waals surface area contributed by atoms with Crippen LogP contribution in [-0.4, -0.2) is 34.9 Å². The van der Waals surface area contributed by atoms with Crippen molar-refractivity contribution in [2.24, 2.45) is 5.73 Å². The Morgan fingerprint density at radius 1 is 1.11 bits per heavy atom. The number of nitrogens with zero attached hydrogens (tertiary/aromatic N) is 1. The number of likely N-dealkylation sites (tertiary alicyclic amines) is 1. The first-order chi connectivity index (χ1) is 13.6. The number of hydrogen-bond donors (Lipinski definition) is 3. The number of H-pyrrole nitrogens is 1. The van der Waals surface area contributed by atoms with E-state index in [-0.39, 0.29) is 6.03 Å². The fourth-order valence-corrected chi connectivity index (χ4v) is 3.95.